The SMILES string of the molecule is O=C(C1CC1c1ccccc1)N1CCC(OCCCl)CC1. The molecule has 21 heavy (non-hydrogen) atoms. The van der Waals surface area contributed by atoms with Crippen LogP contribution in [0.25, 0.3) is 0 Å². The van der Waals surface area contributed by atoms with Crippen molar-refractivity contribution in [3.8, 4) is 0 Å². The van der Waals surface area contributed by atoms with Crippen molar-refractivity contribution in [1.82, 2.24) is 4.90 Å². The minimum absolute atomic E-state index is 0.202. The van der Waals surface area contributed by atoms with Crippen molar-refractivity contribution in [2.24, 2.45) is 5.92 Å². The van der Waals surface area contributed by atoms with Crippen LogP contribution in [-0.4, -0.2) is 42.5 Å². The normalized spacial score (nSPS) is 25.9. The lowest BCUT2D eigenvalue weighted by atomic mass is 10.1. The summed E-state index contributed by atoms with van der Waals surface area (Å²) >= 11 is 5.63. The summed E-state index contributed by atoms with van der Waals surface area (Å²) in [5.74, 6) is 1.51. The van der Waals surface area contributed by atoms with Crippen molar-refractivity contribution in [2.75, 3.05) is 25.6 Å². The summed E-state index contributed by atoms with van der Waals surface area (Å²) < 4.78 is 5.66. The van der Waals surface area contributed by atoms with E-state index in [0.717, 1.165) is 32.4 Å². The molecule has 1 aromatic carbocycles. The van der Waals surface area contributed by atoms with Crippen molar-refractivity contribution in [1.29, 1.82) is 0 Å². The molecule has 0 aromatic heterocycles. The predicted molar refractivity (Wildman–Crippen MR) is 83.6 cm³/mol. The van der Waals surface area contributed by atoms with Gasteiger partial charge in [0.1, 0.15) is 0 Å². The summed E-state index contributed by atoms with van der Waals surface area (Å²) in [6.45, 7) is 2.26. The lowest BCUT2D eigenvalue weighted by Crippen LogP contribution is -2.42. The highest BCUT2D eigenvalue weighted by Crippen LogP contribution is 2.48. The number of benzene rings is 1. The van der Waals surface area contributed by atoms with E-state index >= 15 is 0 Å². The van der Waals surface area contributed by atoms with E-state index in [9.17, 15) is 4.79 Å². The third-order valence-corrected chi connectivity index (χ3v) is 4.67. The molecular formula is C17H22ClNO2. The monoisotopic (exact) mass is 307 g/mol. The van der Waals surface area contributed by atoms with Gasteiger partial charge in [-0.25, -0.2) is 0 Å². The Balaban J connectivity index is 1.48. The molecule has 2 aliphatic rings. The van der Waals surface area contributed by atoms with Crippen LogP contribution in [0.2, 0.25) is 0 Å². The Morgan fingerprint density at radius 1 is 1.24 bits per heavy atom. The van der Waals surface area contributed by atoms with Gasteiger partial charge in [-0.05, 0) is 30.7 Å². The highest BCUT2D eigenvalue weighted by Gasteiger charge is 2.46. The zero-order valence-electron chi connectivity index (χ0n) is 12.2. The molecule has 1 aliphatic carbocycles. The first-order chi connectivity index (χ1) is 10.3. The topological polar surface area (TPSA) is 29.5 Å². The molecule has 3 nitrogen and oxygen atoms in total. The van der Waals surface area contributed by atoms with E-state index < -0.39 is 0 Å². The van der Waals surface area contributed by atoms with Gasteiger partial charge in [0, 0.05) is 24.9 Å². The molecule has 1 saturated heterocycles. The largest absolute Gasteiger partial charge is 0.377 e. The fraction of sp³-hybridized carbons (Fsp3) is 0.588. The second kappa shape index (κ2) is 6.80. The lowest BCUT2D eigenvalue weighted by molar-refractivity contribution is -0.135. The number of rotatable bonds is 5. The first-order valence-corrected chi connectivity index (χ1v) is 8.34. The fourth-order valence-electron chi connectivity index (χ4n) is 3.23. The number of carbonyl (C=O) groups excluding carboxylic acids is 1. The highest BCUT2D eigenvalue weighted by atomic mass is 35.5. The molecule has 1 heterocycles. The Morgan fingerprint density at radius 2 is 1.95 bits per heavy atom. The van der Waals surface area contributed by atoms with Crippen molar-refractivity contribution in [2.45, 2.75) is 31.3 Å². The van der Waals surface area contributed by atoms with Crippen molar-refractivity contribution in [3.63, 3.8) is 0 Å². The summed E-state index contributed by atoms with van der Waals surface area (Å²) in [7, 11) is 0. The Bertz CT molecular complexity index is 471. The number of amides is 1. The summed E-state index contributed by atoms with van der Waals surface area (Å²) in [6.07, 6.45) is 3.15. The van der Waals surface area contributed by atoms with Crippen LogP contribution in [0.15, 0.2) is 30.3 Å². The zero-order valence-corrected chi connectivity index (χ0v) is 13.0. The third kappa shape index (κ3) is 3.58. The van der Waals surface area contributed by atoms with E-state index in [1.165, 1.54) is 5.56 Å². The smallest absolute Gasteiger partial charge is 0.226 e. The number of ether oxygens (including phenoxy) is 1. The van der Waals surface area contributed by atoms with E-state index in [1.54, 1.807) is 0 Å². The first kappa shape index (κ1) is 14.9. The Hall–Kier alpha value is -1.06. The van der Waals surface area contributed by atoms with E-state index in [1.807, 2.05) is 11.0 Å². The van der Waals surface area contributed by atoms with Gasteiger partial charge >= 0.3 is 0 Å². The quantitative estimate of drug-likeness (QED) is 0.783. The average Bonchev–Trinajstić information content (AvgIpc) is 3.34. The lowest BCUT2D eigenvalue weighted by Gasteiger charge is -2.32. The van der Waals surface area contributed by atoms with Gasteiger partial charge in [0.15, 0.2) is 0 Å². The van der Waals surface area contributed by atoms with Gasteiger partial charge in [0.25, 0.3) is 0 Å². The van der Waals surface area contributed by atoms with Crippen LogP contribution in [0.4, 0.5) is 0 Å². The van der Waals surface area contributed by atoms with Gasteiger partial charge in [-0.2, -0.15) is 0 Å². The summed E-state index contributed by atoms with van der Waals surface area (Å²) in [5, 5.41) is 0. The molecule has 4 heteroatoms. The summed E-state index contributed by atoms with van der Waals surface area (Å²) in [6, 6.07) is 10.4. The zero-order chi connectivity index (χ0) is 14.7. The number of piperidine rings is 1. The first-order valence-electron chi connectivity index (χ1n) is 7.81. The number of nitrogens with zero attached hydrogens (tertiary/aromatic N) is 1. The van der Waals surface area contributed by atoms with Crippen molar-refractivity contribution in [3.05, 3.63) is 35.9 Å². The molecule has 3 rings (SSSR count). The second-order valence-corrected chi connectivity index (χ2v) is 6.32. The molecule has 2 unspecified atom stereocenters. The van der Waals surface area contributed by atoms with Gasteiger partial charge in [0.05, 0.1) is 12.7 Å². The minimum Gasteiger partial charge on any atom is -0.377 e. The fourth-order valence-corrected chi connectivity index (χ4v) is 3.31. The van der Waals surface area contributed by atoms with Crippen LogP contribution in [0.1, 0.15) is 30.7 Å². The van der Waals surface area contributed by atoms with Crippen LogP contribution in [0.3, 0.4) is 0 Å². The number of likely N-dealkylation sites (tertiary alicyclic amines) is 1. The maximum atomic E-state index is 12.5. The predicted octanol–water partition coefficient (Wildman–Crippen LogP) is 3.04. The molecule has 1 saturated carbocycles. The molecular weight excluding hydrogens is 286 g/mol. The number of halogens is 1. The van der Waals surface area contributed by atoms with Crippen LogP contribution in [0.5, 0.6) is 0 Å². The van der Waals surface area contributed by atoms with Crippen LogP contribution < -0.4 is 0 Å². The summed E-state index contributed by atoms with van der Waals surface area (Å²) in [5.41, 5.74) is 1.30. The van der Waals surface area contributed by atoms with Crippen LogP contribution in [-0.2, 0) is 9.53 Å². The standard InChI is InChI=1S/C17H22ClNO2/c18-8-11-21-14-6-9-19(10-7-14)17(20)16-12-15(16)13-4-2-1-3-5-13/h1-5,14-16H,6-12H2. The Morgan fingerprint density at radius 3 is 2.62 bits per heavy atom. The van der Waals surface area contributed by atoms with E-state index in [2.05, 4.69) is 24.3 Å². The second-order valence-electron chi connectivity index (χ2n) is 5.94. The van der Waals surface area contributed by atoms with E-state index in [-0.39, 0.29) is 12.0 Å². The maximum Gasteiger partial charge on any atom is 0.226 e. The maximum absolute atomic E-state index is 12.5. The van der Waals surface area contributed by atoms with E-state index in [0.29, 0.717) is 24.3 Å². The number of carbonyl (C=O) groups is 1. The van der Waals surface area contributed by atoms with E-state index in [4.69, 9.17) is 16.3 Å². The highest BCUT2D eigenvalue weighted by molar-refractivity contribution is 6.17. The number of hydrogen-bond donors (Lipinski definition) is 0. The number of hydrogen-bond acceptors (Lipinski definition) is 2. The summed E-state index contributed by atoms with van der Waals surface area (Å²) in [4.78, 5) is 14.6. The third-order valence-electron chi connectivity index (χ3n) is 4.52. The van der Waals surface area contributed by atoms with Gasteiger partial charge < -0.3 is 9.64 Å². The van der Waals surface area contributed by atoms with Gasteiger partial charge in [0.2, 0.25) is 5.91 Å². The Kier molecular flexibility index (Phi) is 4.81. The molecule has 0 N–H and O–H groups in total. The van der Waals surface area contributed by atoms with Crippen molar-refractivity contribution < 1.29 is 9.53 Å². The molecule has 114 valence electrons. The van der Waals surface area contributed by atoms with Crippen LogP contribution >= 0.6 is 11.6 Å². The average molecular weight is 308 g/mol. The molecule has 1 amide bonds. The molecule has 0 bridgehead atoms. The molecule has 1 aromatic rings. The van der Waals surface area contributed by atoms with Gasteiger partial charge in [-0.3, -0.25) is 4.79 Å². The Labute approximate surface area is 131 Å². The molecule has 0 radical (unpaired) electrons. The number of alkyl halides is 1. The van der Waals surface area contributed by atoms with Gasteiger partial charge in [-0.1, -0.05) is 30.3 Å². The minimum atomic E-state index is 0.202. The van der Waals surface area contributed by atoms with Crippen LogP contribution in [0, 0.1) is 5.92 Å². The van der Waals surface area contributed by atoms with Crippen molar-refractivity contribution >= 4 is 17.5 Å². The molecule has 2 atom stereocenters. The molecule has 2 fully saturated rings. The molecule has 0 spiro atoms. The van der Waals surface area contributed by atoms with Gasteiger partial charge in [-0.15, -0.1) is 11.6 Å². The molecule has 1 aliphatic heterocycles.